The van der Waals surface area contributed by atoms with Crippen LogP contribution in [0.2, 0.25) is 5.02 Å². The van der Waals surface area contributed by atoms with Crippen molar-refractivity contribution in [2.75, 3.05) is 0 Å². The summed E-state index contributed by atoms with van der Waals surface area (Å²) in [6.45, 7) is 3.64. The zero-order valence-electron chi connectivity index (χ0n) is 11.2. The number of rotatable bonds is 3. The zero-order chi connectivity index (χ0) is 15.7. The molecule has 0 saturated heterocycles. The van der Waals surface area contributed by atoms with Gasteiger partial charge >= 0.3 is 5.97 Å². The summed E-state index contributed by atoms with van der Waals surface area (Å²) in [6.07, 6.45) is 0. The summed E-state index contributed by atoms with van der Waals surface area (Å²) in [5, 5.41) is 9.55. The van der Waals surface area contributed by atoms with E-state index in [1.165, 1.54) is 12.1 Å². The quantitative estimate of drug-likeness (QED) is 0.789. The molecule has 2 rings (SSSR count). The Bertz CT molecular complexity index is 708. The Morgan fingerprint density at radius 3 is 2.38 bits per heavy atom. The lowest BCUT2D eigenvalue weighted by molar-refractivity contribution is 0.0695. The largest absolute Gasteiger partial charge is 0.478 e. The first-order valence-corrected chi connectivity index (χ1v) is 7.14. The second-order valence-electron chi connectivity index (χ2n) is 4.52. The lowest BCUT2D eigenvalue weighted by atomic mass is 10.1. The molecule has 2 aromatic rings. The Balaban J connectivity index is 2.41. The van der Waals surface area contributed by atoms with Gasteiger partial charge < -0.3 is 9.84 Å². The molecule has 0 bridgehead atoms. The van der Waals surface area contributed by atoms with Gasteiger partial charge in [0.2, 0.25) is 0 Å². The average molecular weight is 374 g/mol. The second-order valence-corrected chi connectivity index (χ2v) is 5.69. The van der Waals surface area contributed by atoms with Crippen LogP contribution in [0, 0.1) is 19.7 Å². The maximum Gasteiger partial charge on any atom is 0.336 e. The topological polar surface area (TPSA) is 46.5 Å². The van der Waals surface area contributed by atoms with Gasteiger partial charge in [-0.15, -0.1) is 0 Å². The summed E-state index contributed by atoms with van der Waals surface area (Å²) in [6, 6.07) is 5.94. The number of carbonyl (C=O) groups is 1. The van der Waals surface area contributed by atoms with Gasteiger partial charge in [0, 0.05) is 5.02 Å². The zero-order valence-corrected chi connectivity index (χ0v) is 13.5. The van der Waals surface area contributed by atoms with Crippen molar-refractivity contribution >= 4 is 33.5 Å². The summed E-state index contributed by atoms with van der Waals surface area (Å²) in [7, 11) is 0. The number of carboxylic acid groups (broad SMARTS) is 1. The highest BCUT2D eigenvalue weighted by atomic mass is 79.9. The van der Waals surface area contributed by atoms with Crippen molar-refractivity contribution in [1.29, 1.82) is 0 Å². The van der Waals surface area contributed by atoms with Crippen LogP contribution >= 0.6 is 27.5 Å². The molecule has 0 aliphatic rings. The molecule has 21 heavy (non-hydrogen) atoms. The van der Waals surface area contributed by atoms with Crippen molar-refractivity contribution in [1.82, 2.24) is 0 Å². The van der Waals surface area contributed by atoms with Gasteiger partial charge in [-0.3, -0.25) is 0 Å². The number of ether oxygens (including phenoxy) is 1. The second kappa shape index (κ2) is 6.03. The highest BCUT2D eigenvalue weighted by molar-refractivity contribution is 9.10. The molecule has 0 saturated carbocycles. The first-order valence-electron chi connectivity index (χ1n) is 5.97. The Labute approximate surface area is 134 Å². The first-order chi connectivity index (χ1) is 9.81. The number of halogens is 3. The minimum absolute atomic E-state index is 0.0620. The molecule has 0 atom stereocenters. The molecule has 0 unspecified atom stereocenters. The molecule has 0 spiro atoms. The van der Waals surface area contributed by atoms with E-state index in [0.717, 1.165) is 11.1 Å². The van der Waals surface area contributed by atoms with Crippen molar-refractivity contribution in [2.24, 2.45) is 0 Å². The lowest BCUT2D eigenvalue weighted by Gasteiger charge is -2.11. The van der Waals surface area contributed by atoms with Crippen LogP contribution in [0.5, 0.6) is 11.5 Å². The van der Waals surface area contributed by atoms with Crippen molar-refractivity contribution in [3.8, 4) is 11.5 Å². The van der Waals surface area contributed by atoms with E-state index < -0.39 is 11.8 Å². The smallest absolute Gasteiger partial charge is 0.336 e. The van der Waals surface area contributed by atoms with Crippen LogP contribution in [0.25, 0.3) is 0 Å². The van der Waals surface area contributed by atoms with E-state index >= 15 is 0 Å². The fraction of sp³-hybridized carbons (Fsp3) is 0.133. The van der Waals surface area contributed by atoms with Gasteiger partial charge in [0.05, 0.1) is 10.0 Å². The fourth-order valence-corrected chi connectivity index (χ4v) is 2.47. The molecule has 0 aliphatic carbocycles. The number of hydrogen-bond donors (Lipinski definition) is 1. The maximum absolute atomic E-state index is 14.1. The minimum atomic E-state index is -1.22. The molecule has 6 heteroatoms. The molecule has 0 amide bonds. The predicted octanol–water partition coefficient (Wildman–Crippen LogP) is 5.35. The van der Waals surface area contributed by atoms with Crippen LogP contribution in [0.15, 0.2) is 28.7 Å². The fourth-order valence-electron chi connectivity index (χ4n) is 1.87. The van der Waals surface area contributed by atoms with Crippen LogP contribution in [0.3, 0.4) is 0 Å². The summed E-state index contributed by atoms with van der Waals surface area (Å²) in [4.78, 5) is 10.9. The average Bonchev–Trinajstić information content (AvgIpc) is 2.41. The molecule has 110 valence electrons. The Morgan fingerprint density at radius 2 is 1.86 bits per heavy atom. The van der Waals surface area contributed by atoms with E-state index in [2.05, 4.69) is 15.9 Å². The number of hydrogen-bond acceptors (Lipinski definition) is 2. The number of benzene rings is 2. The lowest BCUT2D eigenvalue weighted by Crippen LogP contribution is -2.01. The van der Waals surface area contributed by atoms with E-state index in [1.54, 1.807) is 12.1 Å². The number of carboxylic acids is 1. The van der Waals surface area contributed by atoms with Gasteiger partial charge in [0.15, 0.2) is 11.6 Å². The van der Waals surface area contributed by atoms with Gasteiger partial charge in [0.1, 0.15) is 5.75 Å². The molecular weight excluding hydrogens is 363 g/mol. The van der Waals surface area contributed by atoms with Crippen LogP contribution in [0.1, 0.15) is 21.5 Å². The van der Waals surface area contributed by atoms with Gasteiger partial charge in [-0.2, -0.15) is 0 Å². The van der Waals surface area contributed by atoms with E-state index in [1.807, 2.05) is 13.8 Å². The van der Waals surface area contributed by atoms with Gasteiger partial charge in [-0.25, -0.2) is 9.18 Å². The molecule has 0 heterocycles. The molecule has 3 nitrogen and oxygen atoms in total. The third kappa shape index (κ3) is 3.19. The van der Waals surface area contributed by atoms with Crippen molar-refractivity contribution < 1.29 is 19.0 Å². The molecule has 2 aromatic carbocycles. The molecule has 0 aliphatic heterocycles. The third-order valence-corrected chi connectivity index (χ3v) is 4.29. The van der Waals surface area contributed by atoms with Crippen LogP contribution < -0.4 is 4.74 Å². The van der Waals surface area contributed by atoms with E-state index in [0.29, 0.717) is 10.8 Å². The molecular formula is C15H11BrClFO3. The van der Waals surface area contributed by atoms with Crippen molar-refractivity contribution in [3.05, 3.63) is 56.3 Å². The molecule has 0 radical (unpaired) electrons. The summed E-state index contributed by atoms with van der Waals surface area (Å²) < 4.78 is 19.5. The highest BCUT2D eigenvalue weighted by Crippen LogP contribution is 2.34. The third-order valence-electron chi connectivity index (χ3n) is 2.92. The van der Waals surface area contributed by atoms with Crippen LogP contribution in [0.4, 0.5) is 4.39 Å². The molecule has 0 fully saturated rings. The predicted molar refractivity (Wildman–Crippen MR) is 82.1 cm³/mol. The van der Waals surface area contributed by atoms with Gasteiger partial charge in [-0.1, -0.05) is 11.6 Å². The normalized spacial score (nSPS) is 10.5. The summed E-state index contributed by atoms with van der Waals surface area (Å²) >= 11 is 8.99. The monoisotopic (exact) mass is 372 g/mol. The Morgan fingerprint density at radius 1 is 1.29 bits per heavy atom. The summed E-state index contributed by atoms with van der Waals surface area (Å²) in [5.74, 6) is -1.61. The van der Waals surface area contributed by atoms with E-state index in [9.17, 15) is 9.18 Å². The molecule has 0 aromatic heterocycles. The summed E-state index contributed by atoms with van der Waals surface area (Å²) in [5.41, 5.74) is 1.46. The number of aromatic carboxylic acids is 1. The van der Waals surface area contributed by atoms with Crippen molar-refractivity contribution in [2.45, 2.75) is 13.8 Å². The Hall–Kier alpha value is -1.59. The van der Waals surface area contributed by atoms with Gasteiger partial charge in [-0.05, 0) is 65.2 Å². The Kier molecular flexibility index (Phi) is 4.54. The van der Waals surface area contributed by atoms with E-state index in [-0.39, 0.29) is 15.8 Å². The SMILES string of the molecule is Cc1cc(Oc2ccc(C(=O)O)c(Br)c2F)cc(C)c1Cl. The molecule has 1 N–H and O–H groups in total. The van der Waals surface area contributed by atoms with Crippen LogP contribution in [-0.2, 0) is 0 Å². The maximum atomic E-state index is 14.1. The standard InChI is InChI=1S/C15H11BrClFO3/c1-7-5-9(6-8(2)13(7)17)21-11-4-3-10(15(19)20)12(16)14(11)18/h3-6H,1-2H3,(H,19,20). The first kappa shape index (κ1) is 15.8. The highest BCUT2D eigenvalue weighted by Gasteiger charge is 2.17. The van der Waals surface area contributed by atoms with Crippen LogP contribution in [-0.4, -0.2) is 11.1 Å². The van der Waals surface area contributed by atoms with Crippen molar-refractivity contribution in [3.63, 3.8) is 0 Å². The van der Waals surface area contributed by atoms with E-state index in [4.69, 9.17) is 21.4 Å². The minimum Gasteiger partial charge on any atom is -0.478 e. The number of aryl methyl sites for hydroxylation is 2. The van der Waals surface area contributed by atoms with Gasteiger partial charge in [0.25, 0.3) is 0 Å².